The highest BCUT2D eigenvalue weighted by molar-refractivity contribution is 6.35. The quantitative estimate of drug-likeness (QED) is 0.937. The van der Waals surface area contributed by atoms with Crippen molar-refractivity contribution in [1.29, 1.82) is 0 Å². The van der Waals surface area contributed by atoms with Crippen LogP contribution >= 0.6 is 23.2 Å². The number of hydrogen-bond acceptors (Lipinski definition) is 2. The Morgan fingerprint density at radius 3 is 2.89 bits per heavy atom. The number of benzene rings is 1. The number of aromatic nitrogens is 2. The van der Waals surface area contributed by atoms with Crippen LogP contribution in [0.25, 0.3) is 11.3 Å². The molecule has 1 aromatic heterocycles. The number of imidazole rings is 1. The lowest BCUT2D eigenvalue weighted by Crippen LogP contribution is -2.28. The van der Waals surface area contributed by atoms with Crippen LogP contribution in [0.3, 0.4) is 0 Å². The molecule has 3 nitrogen and oxygen atoms in total. The van der Waals surface area contributed by atoms with Gasteiger partial charge in [0.15, 0.2) is 0 Å². The summed E-state index contributed by atoms with van der Waals surface area (Å²) < 4.78 is 2.06. The van der Waals surface area contributed by atoms with E-state index in [4.69, 9.17) is 28.9 Å². The fourth-order valence-corrected chi connectivity index (χ4v) is 2.67. The molecule has 100 valence electrons. The molecule has 1 saturated carbocycles. The van der Waals surface area contributed by atoms with Crippen molar-refractivity contribution in [3.8, 4) is 11.3 Å². The standard InChI is InChI=1S/C14H15Cl2N3/c15-10-3-4-12(16)11(5-10)14-6-18-8-19(14)7-13(17)9-1-2-9/h3-6,8-9,13H,1-2,7,17H2. The number of hydrogen-bond donors (Lipinski definition) is 1. The second-order valence-corrected chi connectivity index (χ2v) is 5.90. The Labute approximate surface area is 122 Å². The van der Waals surface area contributed by atoms with E-state index in [-0.39, 0.29) is 6.04 Å². The molecule has 5 heteroatoms. The normalized spacial score (nSPS) is 16.6. The van der Waals surface area contributed by atoms with E-state index < -0.39 is 0 Å². The molecule has 2 N–H and O–H groups in total. The number of halogens is 2. The number of nitrogens with two attached hydrogens (primary N) is 1. The van der Waals surface area contributed by atoms with Gasteiger partial charge in [-0.15, -0.1) is 0 Å². The van der Waals surface area contributed by atoms with Gasteiger partial charge in [0.05, 0.1) is 23.2 Å². The molecule has 1 aliphatic carbocycles. The maximum absolute atomic E-state index is 6.24. The fourth-order valence-electron chi connectivity index (χ4n) is 2.28. The Morgan fingerprint density at radius 2 is 2.16 bits per heavy atom. The Bertz CT molecular complexity index is 590. The molecular formula is C14H15Cl2N3. The molecule has 0 radical (unpaired) electrons. The van der Waals surface area contributed by atoms with Crippen LogP contribution in [0.2, 0.25) is 10.0 Å². The van der Waals surface area contributed by atoms with E-state index in [9.17, 15) is 0 Å². The smallest absolute Gasteiger partial charge is 0.0951 e. The minimum Gasteiger partial charge on any atom is -0.329 e. The van der Waals surface area contributed by atoms with Gasteiger partial charge in [-0.2, -0.15) is 0 Å². The van der Waals surface area contributed by atoms with Gasteiger partial charge < -0.3 is 10.3 Å². The summed E-state index contributed by atoms with van der Waals surface area (Å²) in [5.74, 6) is 0.657. The molecule has 1 aromatic carbocycles. The second kappa shape index (κ2) is 5.16. The number of nitrogens with zero attached hydrogens (tertiary/aromatic N) is 2. The molecule has 1 atom stereocenters. The third-order valence-electron chi connectivity index (χ3n) is 3.55. The third-order valence-corrected chi connectivity index (χ3v) is 4.12. The lowest BCUT2D eigenvalue weighted by atomic mass is 10.1. The van der Waals surface area contributed by atoms with Gasteiger partial charge in [-0.05, 0) is 37.0 Å². The Kier molecular flexibility index (Phi) is 3.52. The maximum atomic E-state index is 6.24. The summed E-state index contributed by atoms with van der Waals surface area (Å²) in [6.45, 7) is 0.767. The monoisotopic (exact) mass is 295 g/mol. The largest absolute Gasteiger partial charge is 0.329 e. The zero-order chi connectivity index (χ0) is 13.4. The van der Waals surface area contributed by atoms with Gasteiger partial charge in [-0.3, -0.25) is 0 Å². The lowest BCUT2D eigenvalue weighted by molar-refractivity contribution is 0.505. The first-order chi connectivity index (χ1) is 9.15. The molecule has 0 saturated heterocycles. The van der Waals surface area contributed by atoms with Crippen LogP contribution in [0, 0.1) is 5.92 Å². The molecule has 2 aromatic rings. The average molecular weight is 296 g/mol. The zero-order valence-electron chi connectivity index (χ0n) is 10.4. The van der Waals surface area contributed by atoms with E-state index in [0.717, 1.165) is 17.8 Å². The maximum Gasteiger partial charge on any atom is 0.0951 e. The Hall–Kier alpha value is -1.03. The van der Waals surface area contributed by atoms with Crippen molar-refractivity contribution < 1.29 is 0 Å². The van der Waals surface area contributed by atoms with E-state index in [2.05, 4.69) is 9.55 Å². The van der Waals surface area contributed by atoms with Crippen molar-refractivity contribution >= 4 is 23.2 Å². The minimum atomic E-state index is 0.186. The predicted octanol–water partition coefficient (Wildman–Crippen LogP) is 3.59. The molecule has 0 bridgehead atoms. The molecule has 1 fully saturated rings. The molecule has 1 unspecified atom stereocenters. The van der Waals surface area contributed by atoms with Crippen molar-refractivity contribution in [2.75, 3.05) is 0 Å². The molecular weight excluding hydrogens is 281 g/mol. The third kappa shape index (κ3) is 2.78. The molecule has 0 amide bonds. The lowest BCUT2D eigenvalue weighted by Gasteiger charge is -2.14. The SMILES string of the molecule is NC(Cn1cncc1-c1cc(Cl)ccc1Cl)C1CC1. The molecule has 0 spiro atoms. The summed E-state index contributed by atoms with van der Waals surface area (Å²) in [5.41, 5.74) is 8.04. The van der Waals surface area contributed by atoms with E-state index in [0.29, 0.717) is 16.0 Å². The van der Waals surface area contributed by atoms with Gasteiger partial charge >= 0.3 is 0 Å². The topological polar surface area (TPSA) is 43.8 Å². The van der Waals surface area contributed by atoms with Gasteiger partial charge in [0.1, 0.15) is 0 Å². The molecule has 1 aliphatic rings. The fraction of sp³-hybridized carbons (Fsp3) is 0.357. The zero-order valence-corrected chi connectivity index (χ0v) is 11.9. The van der Waals surface area contributed by atoms with Gasteiger partial charge in [-0.1, -0.05) is 23.2 Å². The molecule has 0 aliphatic heterocycles. The van der Waals surface area contributed by atoms with Crippen LogP contribution in [0.4, 0.5) is 0 Å². The molecule has 19 heavy (non-hydrogen) atoms. The van der Waals surface area contributed by atoms with Crippen LogP contribution in [0.15, 0.2) is 30.7 Å². The highest BCUT2D eigenvalue weighted by atomic mass is 35.5. The highest BCUT2D eigenvalue weighted by Gasteiger charge is 2.29. The van der Waals surface area contributed by atoms with Crippen LogP contribution in [-0.2, 0) is 6.54 Å². The highest BCUT2D eigenvalue weighted by Crippen LogP contribution is 2.34. The van der Waals surface area contributed by atoms with E-state index >= 15 is 0 Å². The van der Waals surface area contributed by atoms with Crippen molar-refractivity contribution in [2.24, 2.45) is 11.7 Å². The second-order valence-electron chi connectivity index (χ2n) is 5.06. The Balaban J connectivity index is 1.92. The number of rotatable bonds is 4. The van der Waals surface area contributed by atoms with E-state index in [1.807, 2.05) is 6.07 Å². The summed E-state index contributed by atoms with van der Waals surface area (Å²) >= 11 is 12.3. The van der Waals surface area contributed by atoms with Gasteiger partial charge in [0.2, 0.25) is 0 Å². The van der Waals surface area contributed by atoms with E-state index in [1.165, 1.54) is 12.8 Å². The minimum absolute atomic E-state index is 0.186. The van der Waals surface area contributed by atoms with Crippen LogP contribution in [0.1, 0.15) is 12.8 Å². The first-order valence-electron chi connectivity index (χ1n) is 6.36. The first-order valence-corrected chi connectivity index (χ1v) is 7.12. The summed E-state index contributed by atoms with van der Waals surface area (Å²) in [5, 5.41) is 1.34. The summed E-state index contributed by atoms with van der Waals surface area (Å²) in [4.78, 5) is 4.21. The van der Waals surface area contributed by atoms with Crippen molar-refractivity contribution in [3.63, 3.8) is 0 Å². The van der Waals surface area contributed by atoms with Crippen LogP contribution < -0.4 is 5.73 Å². The van der Waals surface area contributed by atoms with Gasteiger partial charge in [-0.25, -0.2) is 4.98 Å². The summed E-state index contributed by atoms with van der Waals surface area (Å²) in [6, 6.07) is 5.63. The van der Waals surface area contributed by atoms with Crippen LogP contribution in [-0.4, -0.2) is 15.6 Å². The predicted molar refractivity (Wildman–Crippen MR) is 78.4 cm³/mol. The van der Waals surface area contributed by atoms with Crippen molar-refractivity contribution in [2.45, 2.75) is 25.4 Å². The van der Waals surface area contributed by atoms with Gasteiger partial charge in [0.25, 0.3) is 0 Å². The van der Waals surface area contributed by atoms with Crippen LogP contribution in [0.5, 0.6) is 0 Å². The first kappa shape index (κ1) is 13.0. The average Bonchev–Trinajstić information content (AvgIpc) is 3.14. The van der Waals surface area contributed by atoms with Crippen molar-refractivity contribution in [1.82, 2.24) is 9.55 Å². The summed E-state index contributed by atoms with van der Waals surface area (Å²) in [6.07, 6.45) is 6.08. The molecule has 1 heterocycles. The van der Waals surface area contributed by atoms with Gasteiger partial charge in [0, 0.05) is 23.2 Å². The van der Waals surface area contributed by atoms with Crippen molar-refractivity contribution in [3.05, 3.63) is 40.8 Å². The molecule has 3 rings (SSSR count). The van der Waals surface area contributed by atoms with E-state index in [1.54, 1.807) is 24.7 Å². The Morgan fingerprint density at radius 1 is 1.37 bits per heavy atom. The summed E-state index contributed by atoms with van der Waals surface area (Å²) in [7, 11) is 0.